The zero-order valence-electron chi connectivity index (χ0n) is 11.3. The summed E-state index contributed by atoms with van der Waals surface area (Å²) in [5.41, 5.74) is -0.188. The molecule has 1 rings (SSSR count). The molecule has 0 spiro atoms. The minimum Gasteiger partial charge on any atom is -0.493 e. The third-order valence-electron chi connectivity index (χ3n) is 2.17. The van der Waals surface area contributed by atoms with Crippen molar-refractivity contribution in [3.8, 4) is 11.5 Å². The number of carboxylic acids is 1. The Labute approximate surface area is 121 Å². The van der Waals surface area contributed by atoms with E-state index in [-0.39, 0.29) is 28.2 Å². The number of methoxy groups -OCH3 is 1. The number of carbonyl (C=O) groups is 2. The molecule has 1 aromatic carbocycles. The number of benzene rings is 1. The van der Waals surface area contributed by atoms with E-state index >= 15 is 0 Å². The van der Waals surface area contributed by atoms with Crippen molar-refractivity contribution in [1.82, 2.24) is 0 Å². The van der Waals surface area contributed by atoms with Crippen molar-refractivity contribution in [2.45, 2.75) is 20.0 Å². The summed E-state index contributed by atoms with van der Waals surface area (Å²) in [6, 6.07) is 2.62. The second-order valence-corrected chi connectivity index (χ2v) is 4.55. The van der Waals surface area contributed by atoms with E-state index < -0.39 is 18.5 Å². The first kappa shape index (κ1) is 16.1. The van der Waals surface area contributed by atoms with E-state index in [0.29, 0.717) is 0 Å². The van der Waals surface area contributed by atoms with Crippen molar-refractivity contribution in [2.24, 2.45) is 0 Å². The Hall–Kier alpha value is -1.95. The number of esters is 1. The normalized spacial score (nSPS) is 10.2. The number of hydrogen-bond donors (Lipinski definition) is 1. The second-order valence-electron chi connectivity index (χ2n) is 4.12. The molecule has 0 bridgehead atoms. The van der Waals surface area contributed by atoms with Crippen LogP contribution in [0.3, 0.4) is 0 Å². The summed E-state index contributed by atoms with van der Waals surface area (Å²) in [6.45, 7) is 2.98. The lowest BCUT2D eigenvalue weighted by atomic mass is 10.2. The van der Waals surface area contributed by atoms with Gasteiger partial charge in [0.15, 0.2) is 18.1 Å². The predicted molar refractivity (Wildman–Crippen MR) is 71.7 cm³/mol. The first-order valence-electron chi connectivity index (χ1n) is 5.78. The summed E-state index contributed by atoms with van der Waals surface area (Å²) in [5.74, 6) is -1.77. The van der Waals surface area contributed by atoms with Gasteiger partial charge in [-0.05, 0) is 19.9 Å². The first-order valence-corrected chi connectivity index (χ1v) is 6.16. The molecule has 7 heteroatoms. The maximum Gasteiger partial charge on any atom is 0.344 e. The lowest BCUT2D eigenvalue weighted by Gasteiger charge is -2.14. The molecule has 1 aromatic rings. The van der Waals surface area contributed by atoms with Gasteiger partial charge in [0.2, 0.25) is 0 Å². The van der Waals surface area contributed by atoms with Crippen molar-refractivity contribution < 1.29 is 28.9 Å². The summed E-state index contributed by atoms with van der Waals surface area (Å²) >= 11 is 5.79. The van der Waals surface area contributed by atoms with E-state index in [9.17, 15) is 9.59 Å². The molecule has 0 aliphatic rings. The van der Waals surface area contributed by atoms with Crippen molar-refractivity contribution in [1.29, 1.82) is 0 Å². The molecule has 20 heavy (non-hydrogen) atoms. The smallest absolute Gasteiger partial charge is 0.344 e. The summed E-state index contributed by atoms with van der Waals surface area (Å²) in [4.78, 5) is 22.6. The van der Waals surface area contributed by atoms with Crippen molar-refractivity contribution in [3.63, 3.8) is 0 Å². The molecule has 0 aliphatic carbocycles. The number of carboxylic acid groups (broad SMARTS) is 1. The van der Waals surface area contributed by atoms with Gasteiger partial charge in [0, 0.05) is 11.1 Å². The predicted octanol–water partition coefficient (Wildman–Crippen LogP) is 2.38. The van der Waals surface area contributed by atoms with E-state index in [0.717, 1.165) is 0 Å². The maximum atomic E-state index is 11.4. The molecule has 0 heterocycles. The number of aromatic carboxylic acids is 1. The highest BCUT2D eigenvalue weighted by Gasteiger charge is 2.19. The summed E-state index contributed by atoms with van der Waals surface area (Å²) in [5, 5.41) is 9.30. The zero-order chi connectivity index (χ0) is 15.3. The highest BCUT2D eigenvalue weighted by Crippen LogP contribution is 2.34. The molecule has 0 aromatic heterocycles. The van der Waals surface area contributed by atoms with Crippen LogP contribution in [0.1, 0.15) is 24.2 Å². The molecule has 0 atom stereocenters. The maximum absolute atomic E-state index is 11.4. The van der Waals surface area contributed by atoms with Crippen LogP contribution in [0.15, 0.2) is 12.1 Å². The molecule has 0 unspecified atom stereocenters. The number of hydrogen-bond acceptors (Lipinski definition) is 5. The van der Waals surface area contributed by atoms with E-state index in [1.54, 1.807) is 13.8 Å². The van der Waals surface area contributed by atoms with Crippen LogP contribution < -0.4 is 9.47 Å². The van der Waals surface area contributed by atoms with E-state index in [1.165, 1.54) is 19.2 Å². The first-order chi connectivity index (χ1) is 9.35. The minimum atomic E-state index is -1.24. The fourth-order valence-electron chi connectivity index (χ4n) is 1.46. The van der Waals surface area contributed by atoms with Crippen LogP contribution in [-0.4, -0.2) is 36.9 Å². The molecule has 0 radical (unpaired) electrons. The Kier molecular flexibility index (Phi) is 5.64. The molecule has 0 saturated carbocycles. The fourth-order valence-corrected chi connectivity index (χ4v) is 1.66. The van der Waals surface area contributed by atoms with Gasteiger partial charge in [-0.3, -0.25) is 0 Å². The summed E-state index contributed by atoms with van der Waals surface area (Å²) in [7, 11) is 1.34. The lowest BCUT2D eigenvalue weighted by Crippen LogP contribution is -2.19. The van der Waals surface area contributed by atoms with Crippen LogP contribution in [-0.2, 0) is 9.53 Å². The second kappa shape index (κ2) is 7.00. The number of ether oxygens (including phenoxy) is 3. The average Bonchev–Trinajstić information content (AvgIpc) is 2.35. The highest BCUT2D eigenvalue weighted by atomic mass is 35.5. The largest absolute Gasteiger partial charge is 0.493 e. The van der Waals surface area contributed by atoms with Gasteiger partial charge in [-0.25, -0.2) is 9.59 Å². The zero-order valence-corrected chi connectivity index (χ0v) is 12.1. The molecule has 6 nitrogen and oxygen atoms in total. The SMILES string of the molecule is COc1cc(Cl)cc(C(=O)O)c1OCC(=O)OC(C)C. The van der Waals surface area contributed by atoms with E-state index in [4.69, 9.17) is 30.9 Å². The van der Waals surface area contributed by atoms with Crippen LogP contribution in [0.5, 0.6) is 11.5 Å². The quantitative estimate of drug-likeness (QED) is 0.812. The Bertz CT molecular complexity index is 512. The Morgan fingerprint density at radius 2 is 2.00 bits per heavy atom. The Morgan fingerprint density at radius 1 is 1.35 bits per heavy atom. The molecular formula is C13H15ClO6. The number of carbonyl (C=O) groups excluding carboxylic acids is 1. The van der Waals surface area contributed by atoms with Gasteiger partial charge in [-0.1, -0.05) is 11.6 Å². The van der Waals surface area contributed by atoms with Gasteiger partial charge in [-0.15, -0.1) is 0 Å². The highest BCUT2D eigenvalue weighted by molar-refractivity contribution is 6.31. The average molecular weight is 303 g/mol. The van der Waals surface area contributed by atoms with Crippen molar-refractivity contribution >= 4 is 23.5 Å². The van der Waals surface area contributed by atoms with Gasteiger partial charge < -0.3 is 19.3 Å². The van der Waals surface area contributed by atoms with Crippen LogP contribution in [0.25, 0.3) is 0 Å². The molecule has 0 fully saturated rings. The van der Waals surface area contributed by atoms with Gasteiger partial charge in [-0.2, -0.15) is 0 Å². The van der Waals surface area contributed by atoms with Gasteiger partial charge in [0.1, 0.15) is 5.56 Å². The van der Waals surface area contributed by atoms with Crippen LogP contribution in [0.4, 0.5) is 0 Å². The van der Waals surface area contributed by atoms with Gasteiger partial charge in [0.25, 0.3) is 0 Å². The topological polar surface area (TPSA) is 82.1 Å². The number of rotatable bonds is 6. The van der Waals surface area contributed by atoms with Crippen LogP contribution in [0.2, 0.25) is 5.02 Å². The third-order valence-corrected chi connectivity index (χ3v) is 2.39. The standard InChI is InChI=1S/C13H15ClO6/c1-7(2)20-11(15)6-19-12-9(13(16)17)4-8(14)5-10(12)18-3/h4-5,7H,6H2,1-3H3,(H,16,17). The summed E-state index contributed by atoms with van der Waals surface area (Å²) in [6.07, 6.45) is -0.280. The molecule has 1 N–H and O–H groups in total. The Morgan fingerprint density at radius 3 is 2.50 bits per heavy atom. The Balaban J connectivity index is 2.98. The fraction of sp³-hybridized carbons (Fsp3) is 0.385. The molecule has 0 amide bonds. The van der Waals surface area contributed by atoms with E-state index in [1.807, 2.05) is 0 Å². The monoisotopic (exact) mass is 302 g/mol. The van der Waals surface area contributed by atoms with Gasteiger partial charge in [0.05, 0.1) is 13.2 Å². The summed E-state index contributed by atoms with van der Waals surface area (Å²) < 4.78 is 15.1. The van der Waals surface area contributed by atoms with Gasteiger partial charge >= 0.3 is 11.9 Å². The van der Waals surface area contributed by atoms with E-state index in [2.05, 4.69) is 0 Å². The molecule has 110 valence electrons. The van der Waals surface area contributed by atoms with Crippen LogP contribution in [0, 0.1) is 0 Å². The lowest BCUT2D eigenvalue weighted by molar-refractivity contribution is -0.149. The van der Waals surface area contributed by atoms with Crippen LogP contribution >= 0.6 is 11.6 Å². The molecule has 0 saturated heterocycles. The van der Waals surface area contributed by atoms with Crippen molar-refractivity contribution in [2.75, 3.05) is 13.7 Å². The molecular weight excluding hydrogens is 288 g/mol. The van der Waals surface area contributed by atoms with Crippen molar-refractivity contribution in [3.05, 3.63) is 22.7 Å². The third kappa shape index (κ3) is 4.31. The number of halogens is 1. The molecule has 0 aliphatic heterocycles. The minimum absolute atomic E-state index is 0.0647.